The van der Waals surface area contributed by atoms with Gasteiger partial charge in [-0.1, -0.05) is 0 Å². The SMILES string of the molecule is CC(=O)NCC12COC(CO)(C1)C2. The van der Waals surface area contributed by atoms with Crippen molar-refractivity contribution >= 4 is 5.91 Å². The number of rotatable bonds is 3. The number of fused-ring (bicyclic) bond motifs is 1. The van der Waals surface area contributed by atoms with Gasteiger partial charge < -0.3 is 15.2 Å². The summed E-state index contributed by atoms with van der Waals surface area (Å²) in [4.78, 5) is 10.7. The minimum absolute atomic E-state index is 0.00257. The van der Waals surface area contributed by atoms with Gasteiger partial charge in [0.15, 0.2) is 0 Å². The first-order valence-electron chi connectivity index (χ1n) is 4.59. The van der Waals surface area contributed by atoms with Gasteiger partial charge in [-0.25, -0.2) is 0 Å². The predicted molar refractivity (Wildman–Crippen MR) is 46.1 cm³/mol. The lowest BCUT2D eigenvalue weighted by molar-refractivity contribution is -0.120. The fourth-order valence-electron chi connectivity index (χ4n) is 2.47. The van der Waals surface area contributed by atoms with Gasteiger partial charge in [-0.2, -0.15) is 0 Å². The highest BCUT2D eigenvalue weighted by Crippen LogP contribution is 2.57. The van der Waals surface area contributed by atoms with E-state index in [-0.39, 0.29) is 23.5 Å². The molecule has 3 fully saturated rings. The first kappa shape index (κ1) is 8.97. The van der Waals surface area contributed by atoms with E-state index in [4.69, 9.17) is 9.84 Å². The van der Waals surface area contributed by atoms with Gasteiger partial charge in [0.05, 0.1) is 18.8 Å². The van der Waals surface area contributed by atoms with Crippen LogP contribution in [-0.2, 0) is 9.53 Å². The lowest BCUT2D eigenvalue weighted by atomic mass is 9.63. The van der Waals surface area contributed by atoms with Crippen LogP contribution >= 0.6 is 0 Å². The van der Waals surface area contributed by atoms with Gasteiger partial charge in [0, 0.05) is 18.9 Å². The molecule has 0 aromatic rings. The quantitative estimate of drug-likeness (QED) is 0.632. The molecule has 1 aliphatic carbocycles. The molecule has 74 valence electrons. The molecule has 0 aromatic heterocycles. The molecule has 0 aromatic carbocycles. The van der Waals surface area contributed by atoms with Gasteiger partial charge in [-0.3, -0.25) is 4.79 Å². The van der Waals surface area contributed by atoms with E-state index in [2.05, 4.69) is 5.32 Å². The minimum atomic E-state index is -0.265. The molecule has 2 N–H and O–H groups in total. The molecule has 2 bridgehead atoms. The number of aliphatic hydroxyl groups is 1. The van der Waals surface area contributed by atoms with E-state index in [0.717, 1.165) is 12.8 Å². The van der Waals surface area contributed by atoms with Crippen molar-refractivity contribution in [3.63, 3.8) is 0 Å². The molecule has 0 unspecified atom stereocenters. The number of amides is 1. The third-order valence-electron chi connectivity index (χ3n) is 3.08. The highest BCUT2D eigenvalue weighted by molar-refractivity contribution is 5.72. The summed E-state index contributed by atoms with van der Waals surface area (Å²) >= 11 is 0. The lowest BCUT2D eigenvalue weighted by Gasteiger charge is -2.43. The zero-order valence-corrected chi connectivity index (χ0v) is 7.80. The van der Waals surface area contributed by atoms with Gasteiger partial charge in [0.2, 0.25) is 5.91 Å². The third-order valence-corrected chi connectivity index (χ3v) is 3.08. The highest BCUT2D eigenvalue weighted by atomic mass is 16.5. The first-order valence-corrected chi connectivity index (χ1v) is 4.59. The molecule has 2 heterocycles. The van der Waals surface area contributed by atoms with Crippen molar-refractivity contribution < 1.29 is 14.6 Å². The Bertz CT molecular complexity index is 233. The topological polar surface area (TPSA) is 58.6 Å². The van der Waals surface area contributed by atoms with E-state index in [1.165, 1.54) is 6.92 Å². The van der Waals surface area contributed by atoms with Crippen LogP contribution in [0.15, 0.2) is 0 Å². The van der Waals surface area contributed by atoms with E-state index in [0.29, 0.717) is 13.2 Å². The Morgan fingerprint density at radius 3 is 2.77 bits per heavy atom. The van der Waals surface area contributed by atoms with Crippen LogP contribution < -0.4 is 5.32 Å². The summed E-state index contributed by atoms with van der Waals surface area (Å²) in [7, 11) is 0. The standard InChI is InChI=1S/C9H15NO3/c1-7(12)10-4-8-2-9(3-8,5-11)13-6-8/h11H,2-6H2,1H3,(H,10,12). The van der Waals surface area contributed by atoms with Gasteiger partial charge in [0.25, 0.3) is 0 Å². The largest absolute Gasteiger partial charge is 0.393 e. The molecule has 2 saturated heterocycles. The van der Waals surface area contributed by atoms with Crippen molar-refractivity contribution in [2.24, 2.45) is 5.41 Å². The normalized spacial score (nSPS) is 41.4. The summed E-state index contributed by atoms with van der Waals surface area (Å²) in [6.07, 6.45) is 1.77. The Morgan fingerprint density at radius 2 is 2.31 bits per heavy atom. The summed E-state index contributed by atoms with van der Waals surface area (Å²) < 4.78 is 5.50. The second-order valence-electron chi connectivity index (χ2n) is 4.39. The maximum absolute atomic E-state index is 10.7. The Kier molecular flexibility index (Phi) is 1.85. The van der Waals surface area contributed by atoms with Crippen molar-refractivity contribution in [1.29, 1.82) is 0 Å². The third kappa shape index (κ3) is 1.34. The van der Waals surface area contributed by atoms with Crippen LogP contribution in [0.4, 0.5) is 0 Å². The number of aliphatic hydroxyl groups excluding tert-OH is 1. The molecule has 3 aliphatic rings. The minimum Gasteiger partial charge on any atom is -0.393 e. The number of nitrogens with one attached hydrogen (secondary N) is 1. The molecule has 4 nitrogen and oxygen atoms in total. The average molecular weight is 185 g/mol. The van der Waals surface area contributed by atoms with Gasteiger partial charge in [0.1, 0.15) is 0 Å². The maximum atomic E-state index is 10.7. The Balaban J connectivity index is 1.87. The number of hydrogen-bond acceptors (Lipinski definition) is 3. The van der Waals surface area contributed by atoms with Crippen molar-refractivity contribution in [3.8, 4) is 0 Å². The monoisotopic (exact) mass is 185 g/mol. The summed E-state index contributed by atoms with van der Waals surface area (Å²) in [6, 6.07) is 0. The van der Waals surface area contributed by atoms with Crippen LogP contribution in [0.25, 0.3) is 0 Å². The van der Waals surface area contributed by atoms with Crippen molar-refractivity contribution in [2.75, 3.05) is 19.8 Å². The number of hydrogen-bond donors (Lipinski definition) is 2. The van der Waals surface area contributed by atoms with Crippen LogP contribution in [0.3, 0.4) is 0 Å². The van der Waals surface area contributed by atoms with Gasteiger partial charge >= 0.3 is 0 Å². The maximum Gasteiger partial charge on any atom is 0.216 e. The van der Waals surface area contributed by atoms with Crippen molar-refractivity contribution in [3.05, 3.63) is 0 Å². The van der Waals surface area contributed by atoms with E-state index in [1.54, 1.807) is 0 Å². The smallest absolute Gasteiger partial charge is 0.216 e. The Morgan fingerprint density at radius 1 is 1.62 bits per heavy atom. The second-order valence-corrected chi connectivity index (χ2v) is 4.39. The van der Waals surface area contributed by atoms with Crippen molar-refractivity contribution in [1.82, 2.24) is 5.32 Å². The molecule has 1 amide bonds. The molecular formula is C9H15NO3. The van der Waals surface area contributed by atoms with Gasteiger partial charge in [-0.05, 0) is 12.8 Å². The van der Waals surface area contributed by atoms with Crippen LogP contribution in [0.1, 0.15) is 19.8 Å². The molecule has 0 spiro atoms. The summed E-state index contributed by atoms with van der Waals surface area (Å²) in [6.45, 7) is 2.98. The van der Waals surface area contributed by atoms with E-state index < -0.39 is 0 Å². The molecule has 2 aliphatic heterocycles. The van der Waals surface area contributed by atoms with Crippen molar-refractivity contribution in [2.45, 2.75) is 25.4 Å². The van der Waals surface area contributed by atoms with E-state index >= 15 is 0 Å². The number of carbonyl (C=O) groups excluding carboxylic acids is 1. The Hall–Kier alpha value is -0.610. The van der Waals surface area contributed by atoms with Crippen LogP contribution in [-0.4, -0.2) is 36.4 Å². The van der Waals surface area contributed by atoms with Crippen LogP contribution in [0.2, 0.25) is 0 Å². The summed E-state index contributed by atoms with van der Waals surface area (Å²) in [5.74, 6) is 0.00257. The summed E-state index contributed by atoms with van der Waals surface area (Å²) in [5.41, 5.74) is -0.146. The lowest BCUT2D eigenvalue weighted by Crippen LogP contribution is -2.51. The fourth-order valence-corrected chi connectivity index (χ4v) is 2.47. The molecule has 13 heavy (non-hydrogen) atoms. The summed E-state index contributed by atoms with van der Waals surface area (Å²) in [5, 5.41) is 11.8. The fraction of sp³-hybridized carbons (Fsp3) is 0.889. The van der Waals surface area contributed by atoms with E-state index in [9.17, 15) is 4.79 Å². The molecule has 0 atom stereocenters. The first-order chi connectivity index (χ1) is 6.10. The van der Waals surface area contributed by atoms with Crippen LogP contribution in [0.5, 0.6) is 0 Å². The van der Waals surface area contributed by atoms with Gasteiger partial charge in [-0.15, -0.1) is 0 Å². The Labute approximate surface area is 77.3 Å². The zero-order chi connectivity index (χ0) is 9.53. The zero-order valence-electron chi connectivity index (χ0n) is 7.80. The van der Waals surface area contributed by atoms with Crippen LogP contribution in [0, 0.1) is 5.41 Å². The molecule has 0 radical (unpaired) electrons. The average Bonchev–Trinajstić information content (AvgIpc) is 2.55. The highest BCUT2D eigenvalue weighted by Gasteiger charge is 2.61. The molecule has 4 heteroatoms. The molecular weight excluding hydrogens is 170 g/mol. The molecule has 1 saturated carbocycles. The number of carbonyl (C=O) groups is 1. The second kappa shape index (κ2) is 2.69. The molecule has 3 rings (SSSR count). The number of ether oxygens (including phenoxy) is 1. The van der Waals surface area contributed by atoms with E-state index in [1.807, 2.05) is 0 Å². The predicted octanol–water partition coefficient (Wildman–Crippen LogP) is -0.336.